The van der Waals surface area contributed by atoms with E-state index in [-0.39, 0.29) is 31.2 Å². The van der Waals surface area contributed by atoms with Crippen LogP contribution in [0.15, 0.2) is 48.5 Å². The molecular formula is C26H29ClN2O4. The van der Waals surface area contributed by atoms with Crippen LogP contribution in [0.25, 0.3) is 0 Å². The zero-order chi connectivity index (χ0) is 22.9. The van der Waals surface area contributed by atoms with Crippen molar-refractivity contribution in [1.82, 2.24) is 4.90 Å². The Morgan fingerprint density at radius 1 is 1.09 bits per heavy atom. The molecule has 2 fully saturated rings. The summed E-state index contributed by atoms with van der Waals surface area (Å²) in [7, 11) is 0. The molecule has 1 N–H and O–H groups in total. The standard InChI is InChI=1S/C26H29ClN2O4/c27-18-8-12-23-21(15-18)25(28(19-9-10-19)14-4-7-24(30)31)20-11-13-22(20)29(23)26(32)33-16-17-5-2-1-3-6-17/h1-3,5-6,8,12,15,19-20,22,25H,4,7,9-11,13-14,16H2,(H,30,31). The number of halogens is 1. The van der Waals surface area contributed by atoms with Gasteiger partial charge < -0.3 is 9.84 Å². The maximum Gasteiger partial charge on any atom is 0.414 e. The van der Waals surface area contributed by atoms with E-state index in [1.54, 1.807) is 0 Å². The Labute approximate surface area is 199 Å². The average molecular weight is 469 g/mol. The van der Waals surface area contributed by atoms with Crippen molar-refractivity contribution in [2.75, 3.05) is 11.4 Å². The minimum absolute atomic E-state index is 0.0904. The number of hydrogen-bond donors (Lipinski definition) is 1. The Balaban J connectivity index is 1.42. The monoisotopic (exact) mass is 468 g/mol. The fraction of sp³-hybridized carbons (Fsp3) is 0.462. The quantitative estimate of drug-likeness (QED) is 0.542. The Kier molecular flexibility index (Phi) is 6.30. The van der Waals surface area contributed by atoms with Crippen LogP contribution in [0.1, 0.15) is 55.7 Å². The second kappa shape index (κ2) is 9.35. The van der Waals surface area contributed by atoms with Crippen molar-refractivity contribution < 1.29 is 19.4 Å². The van der Waals surface area contributed by atoms with Gasteiger partial charge in [-0.15, -0.1) is 0 Å². The number of carbonyl (C=O) groups is 2. The molecule has 174 valence electrons. The summed E-state index contributed by atoms with van der Waals surface area (Å²) in [5, 5.41) is 9.77. The molecule has 1 heterocycles. The largest absolute Gasteiger partial charge is 0.481 e. The van der Waals surface area contributed by atoms with Crippen LogP contribution in [0.2, 0.25) is 5.02 Å². The van der Waals surface area contributed by atoms with Crippen LogP contribution in [0.3, 0.4) is 0 Å². The summed E-state index contributed by atoms with van der Waals surface area (Å²) in [5.74, 6) is -0.461. The molecule has 0 saturated heterocycles. The summed E-state index contributed by atoms with van der Waals surface area (Å²) in [6.45, 7) is 0.985. The van der Waals surface area contributed by atoms with Crippen LogP contribution < -0.4 is 4.90 Å². The lowest BCUT2D eigenvalue weighted by Gasteiger charge is -2.55. The molecule has 3 aliphatic rings. The molecule has 0 aromatic heterocycles. The fourth-order valence-corrected chi connectivity index (χ4v) is 5.58. The van der Waals surface area contributed by atoms with E-state index in [0.717, 1.165) is 49.0 Å². The third-order valence-electron chi connectivity index (χ3n) is 7.18. The Hall–Kier alpha value is -2.57. The summed E-state index contributed by atoms with van der Waals surface area (Å²) in [6, 6.07) is 16.2. The number of hydrogen-bond acceptors (Lipinski definition) is 4. The molecule has 2 aliphatic carbocycles. The molecular weight excluding hydrogens is 440 g/mol. The smallest absolute Gasteiger partial charge is 0.414 e. The molecule has 2 aromatic carbocycles. The predicted molar refractivity (Wildman–Crippen MR) is 126 cm³/mol. The second-order valence-corrected chi connectivity index (χ2v) is 9.77. The Bertz CT molecular complexity index is 1030. The maximum absolute atomic E-state index is 13.3. The van der Waals surface area contributed by atoms with Gasteiger partial charge in [-0.1, -0.05) is 41.9 Å². The highest BCUT2D eigenvalue weighted by atomic mass is 35.5. The van der Waals surface area contributed by atoms with Gasteiger partial charge in [-0.3, -0.25) is 14.6 Å². The summed E-state index contributed by atoms with van der Waals surface area (Å²) in [5.41, 5.74) is 2.88. The second-order valence-electron chi connectivity index (χ2n) is 9.33. The van der Waals surface area contributed by atoms with Crippen LogP contribution in [-0.4, -0.2) is 40.7 Å². The third-order valence-corrected chi connectivity index (χ3v) is 7.41. The van der Waals surface area contributed by atoms with Crippen molar-refractivity contribution in [3.05, 3.63) is 64.7 Å². The number of carbonyl (C=O) groups excluding carboxylic acids is 1. The van der Waals surface area contributed by atoms with Crippen LogP contribution in [0, 0.1) is 5.92 Å². The fourth-order valence-electron chi connectivity index (χ4n) is 5.40. The average Bonchev–Trinajstić information content (AvgIpc) is 3.62. The van der Waals surface area contributed by atoms with Gasteiger partial charge in [-0.05, 0) is 73.9 Å². The molecule has 0 radical (unpaired) electrons. The molecule has 3 atom stereocenters. The molecule has 3 unspecified atom stereocenters. The Morgan fingerprint density at radius 2 is 1.88 bits per heavy atom. The van der Waals surface area contributed by atoms with Crippen molar-refractivity contribution in [2.24, 2.45) is 5.92 Å². The van der Waals surface area contributed by atoms with E-state index in [9.17, 15) is 9.59 Å². The number of nitrogens with zero attached hydrogens (tertiary/aromatic N) is 2. The first kappa shape index (κ1) is 22.2. The van der Waals surface area contributed by atoms with Crippen molar-refractivity contribution >= 4 is 29.4 Å². The molecule has 5 rings (SSSR count). The van der Waals surface area contributed by atoms with Crippen LogP contribution >= 0.6 is 11.6 Å². The van der Waals surface area contributed by atoms with E-state index in [0.29, 0.717) is 23.4 Å². The maximum atomic E-state index is 13.3. The van der Waals surface area contributed by atoms with Gasteiger partial charge in [0.1, 0.15) is 6.61 Å². The molecule has 1 aliphatic heterocycles. The van der Waals surface area contributed by atoms with Gasteiger partial charge in [0.15, 0.2) is 0 Å². The minimum Gasteiger partial charge on any atom is -0.481 e. The molecule has 33 heavy (non-hydrogen) atoms. The first-order valence-corrected chi connectivity index (χ1v) is 12.2. The van der Waals surface area contributed by atoms with E-state index in [4.69, 9.17) is 21.4 Å². The molecule has 2 saturated carbocycles. The van der Waals surface area contributed by atoms with E-state index >= 15 is 0 Å². The highest BCUT2D eigenvalue weighted by Crippen LogP contribution is 2.54. The predicted octanol–water partition coefficient (Wildman–Crippen LogP) is 5.65. The zero-order valence-corrected chi connectivity index (χ0v) is 19.3. The molecule has 7 heteroatoms. The summed E-state index contributed by atoms with van der Waals surface area (Å²) in [4.78, 5) is 28.7. The highest BCUT2D eigenvalue weighted by molar-refractivity contribution is 6.30. The zero-order valence-electron chi connectivity index (χ0n) is 18.5. The van der Waals surface area contributed by atoms with E-state index in [2.05, 4.69) is 4.90 Å². The first-order valence-electron chi connectivity index (χ1n) is 11.8. The summed E-state index contributed by atoms with van der Waals surface area (Å²) < 4.78 is 5.73. The lowest BCUT2D eigenvalue weighted by atomic mass is 9.68. The number of fused-ring (bicyclic) bond motifs is 2. The van der Waals surface area contributed by atoms with Crippen molar-refractivity contribution in [3.8, 4) is 0 Å². The van der Waals surface area contributed by atoms with Crippen molar-refractivity contribution in [2.45, 2.75) is 63.3 Å². The van der Waals surface area contributed by atoms with Crippen LogP contribution in [0.5, 0.6) is 0 Å². The summed E-state index contributed by atoms with van der Waals surface area (Å²) >= 11 is 6.43. The van der Waals surface area contributed by atoms with Crippen LogP contribution in [-0.2, 0) is 16.1 Å². The van der Waals surface area contributed by atoms with Gasteiger partial charge in [0.2, 0.25) is 0 Å². The lowest BCUT2D eigenvalue weighted by molar-refractivity contribution is -0.137. The number of rotatable bonds is 8. The topological polar surface area (TPSA) is 70.1 Å². The highest BCUT2D eigenvalue weighted by Gasteiger charge is 2.52. The van der Waals surface area contributed by atoms with Gasteiger partial charge in [0.05, 0.1) is 5.69 Å². The number of anilines is 1. The van der Waals surface area contributed by atoms with Gasteiger partial charge in [-0.25, -0.2) is 4.79 Å². The number of carboxylic acids is 1. The van der Waals surface area contributed by atoms with Gasteiger partial charge >= 0.3 is 12.1 Å². The van der Waals surface area contributed by atoms with Crippen molar-refractivity contribution in [3.63, 3.8) is 0 Å². The normalized spacial score (nSPS) is 23.5. The number of benzene rings is 2. The van der Waals surface area contributed by atoms with E-state index < -0.39 is 5.97 Å². The van der Waals surface area contributed by atoms with Gasteiger partial charge in [-0.2, -0.15) is 0 Å². The van der Waals surface area contributed by atoms with Gasteiger partial charge in [0, 0.05) is 29.6 Å². The Morgan fingerprint density at radius 3 is 2.55 bits per heavy atom. The molecule has 0 bridgehead atoms. The summed E-state index contributed by atoms with van der Waals surface area (Å²) in [6.07, 6.45) is 4.73. The molecule has 0 spiro atoms. The number of carboxylic acid groups (broad SMARTS) is 1. The number of amides is 1. The van der Waals surface area contributed by atoms with Crippen LogP contribution in [0.4, 0.5) is 10.5 Å². The number of ether oxygens (including phenoxy) is 1. The molecule has 6 nitrogen and oxygen atoms in total. The molecule has 1 amide bonds. The SMILES string of the molecule is O=C(O)CCCN(C1CC1)C1c2cc(Cl)ccc2N(C(=O)OCc2ccccc2)C2CCC21. The third kappa shape index (κ3) is 4.59. The first-order chi connectivity index (χ1) is 16.0. The minimum atomic E-state index is -0.758. The molecule has 2 aromatic rings. The lowest BCUT2D eigenvalue weighted by Crippen LogP contribution is -2.58. The van der Waals surface area contributed by atoms with Crippen molar-refractivity contribution in [1.29, 1.82) is 0 Å². The van der Waals surface area contributed by atoms with E-state index in [1.807, 2.05) is 53.4 Å². The van der Waals surface area contributed by atoms with E-state index in [1.165, 1.54) is 0 Å². The van der Waals surface area contributed by atoms with Gasteiger partial charge in [0.25, 0.3) is 0 Å². The number of aliphatic carboxylic acids is 1.